The number of benzene rings is 2. The second-order valence-electron chi connectivity index (χ2n) is 15.1. The van der Waals surface area contributed by atoms with Crippen molar-refractivity contribution < 1.29 is 23.0 Å². The molecule has 244 valence electrons. The molecule has 1 unspecified atom stereocenters. The van der Waals surface area contributed by atoms with Crippen molar-refractivity contribution in [2.45, 2.75) is 105 Å². The molecule has 4 N–H and O–H groups in total. The number of halogens is 2. The van der Waals surface area contributed by atoms with Crippen molar-refractivity contribution in [2.24, 2.45) is 27.5 Å². The summed E-state index contributed by atoms with van der Waals surface area (Å²) >= 11 is 0. The molecular formula is C35H47F2N5O3. The molecular weight excluding hydrogens is 576 g/mol. The molecule has 10 heteroatoms. The van der Waals surface area contributed by atoms with Crippen LogP contribution in [-0.2, 0) is 11.3 Å². The van der Waals surface area contributed by atoms with Crippen molar-refractivity contribution in [1.29, 1.82) is 5.41 Å². The van der Waals surface area contributed by atoms with Gasteiger partial charge in [-0.15, -0.1) is 8.78 Å². The maximum absolute atomic E-state index is 14.6. The average molecular weight is 624 g/mol. The predicted molar refractivity (Wildman–Crippen MR) is 172 cm³/mol. The number of nitrogens with zero attached hydrogens (tertiary/aromatic N) is 2. The Hall–Kier alpha value is -3.53. The first-order valence-corrected chi connectivity index (χ1v) is 15.9. The van der Waals surface area contributed by atoms with E-state index in [0.717, 1.165) is 49.7 Å². The molecule has 45 heavy (non-hydrogen) atoms. The van der Waals surface area contributed by atoms with Gasteiger partial charge in [0, 0.05) is 12.1 Å². The van der Waals surface area contributed by atoms with E-state index >= 15 is 0 Å². The zero-order valence-corrected chi connectivity index (χ0v) is 27.3. The normalized spacial score (nSPS) is 23.4. The highest BCUT2D eigenvalue weighted by Gasteiger charge is 2.53. The van der Waals surface area contributed by atoms with E-state index in [1.807, 2.05) is 4.90 Å². The van der Waals surface area contributed by atoms with Gasteiger partial charge in [0.15, 0.2) is 11.5 Å². The first-order valence-electron chi connectivity index (χ1n) is 15.9. The zero-order valence-electron chi connectivity index (χ0n) is 27.3. The number of carbonyl (C=O) groups excluding carboxylic acids is 1. The van der Waals surface area contributed by atoms with Gasteiger partial charge in [0.2, 0.25) is 0 Å². The largest absolute Gasteiger partial charge is 0.586 e. The third-order valence-corrected chi connectivity index (χ3v) is 9.36. The smallest absolute Gasteiger partial charge is 0.395 e. The van der Waals surface area contributed by atoms with Gasteiger partial charge in [-0.1, -0.05) is 65.8 Å². The van der Waals surface area contributed by atoms with E-state index in [0.29, 0.717) is 24.6 Å². The average Bonchev–Trinajstić information content (AvgIpc) is 3.40. The van der Waals surface area contributed by atoms with Crippen molar-refractivity contribution in [3.05, 3.63) is 59.2 Å². The molecule has 1 aliphatic carbocycles. The van der Waals surface area contributed by atoms with E-state index in [2.05, 4.69) is 75.9 Å². The van der Waals surface area contributed by atoms with E-state index in [1.54, 1.807) is 6.07 Å². The number of carbonyl (C=O) groups is 1. The Kier molecular flexibility index (Phi) is 8.76. The molecule has 1 amide bonds. The lowest BCUT2D eigenvalue weighted by atomic mass is 9.69. The molecule has 2 aromatic carbocycles. The van der Waals surface area contributed by atoms with Gasteiger partial charge in [-0.05, 0) is 84.6 Å². The molecule has 0 bridgehead atoms. The van der Waals surface area contributed by atoms with Gasteiger partial charge < -0.3 is 25.4 Å². The lowest BCUT2D eigenvalue weighted by Crippen LogP contribution is -2.51. The minimum atomic E-state index is -3.74. The van der Waals surface area contributed by atoms with E-state index in [1.165, 1.54) is 12.1 Å². The van der Waals surface area contributed by atoms with Crippen LogP contribution in [0.2, 0.25) is 0 Å². The maximum atomic E-state index is 14.6. The number of nitrogens with one attached hydrogen (secondary N) is 2. The fourth-order valence-corrected chi connectivity index (χ4v) is 6.84. The number of fused-ring (bicyclic) bond motifs is 1. The monoisotopic (exact) mass is 623 g/mol. The van der Waals surface area contributed by atoms with Crippen LogP contribution in [0.5, 0.6) is 11.5 Å². The highest BCUT2D eigenvalue weighted by Crippen LogP contribution is 2.51. The summed E-state index contributed by atoms with van der Waals surface area (Å²) in [5.41, 5.74) is 7.74. The number of hydrogen-bond acceptors (Lipinski definition) is 6. The molecule has 0 radical (unpaired) electrons. The second-order valence-corrected chi connectivity index (χ2v) is 15.1. The van der Waals surface area contributed by atoms with Gasteiger partial charge in [-0.2, -0.15) is 0 Å². The van der Waals surface area contributed by atoms with Crippen LogP contribution in [0.3, 0.4) is 0 Å². The van der Waals surface area contributed by atoms with Crippen molar-refractivity contribution in [1.82, 2.24) is 10.2 Å². The number of amides is 1. The topological polar surface area (TPSA) is 113 Å². The van der Waals surface area contributed by atoms with Gasteiger partial charge in [-0.3, -0.25) is 15.2 Å². The molecule has 5 rings (SSSR count). The molecule has 1 fully saturated rings. The van der Waals surface area contributed by atoms with E-state index in [9.17, 15) is 13.6 Å². The molecule has 1 atom stereocenters. The lowest BCUT2D eigenvalue weighted by molar-refractivity contribution is -0.286. The van der Waals surface area contributed by atoms with Crippen LogP contribution in [0.25, 0.3) is 0 Å². The van der Waals surface area contributed by atoms with Gasteiger partial charge in [0.1, 0.15) is 17.2 Å². The molecule has 0 saturated heterocycles. The Balaban J connectivity index is 1.53. The molecule has 2 aliphatic heterocycles. The molecule has 1 saturated carbocycles. The summed E-state index contributed by atoms with van der Waals surface area (Å²) in [6.45, 7) is 14.3. The number of nitrogens with two attached hydrogens (primary N) is 1. The number of hydrogen-bond donors (Lipinski definition) is 3. The van der Waals surface area contributed by atoms with Crippen LogP contribution < -0.4 is 20.5 Å². The highest BCUT2D eigenvalue weighted by molar-refractivity contribution is 6.47. The second kappa shape index (κ2) is 12.0. The number of ether oxygens (including phenoxy) is 2. The predicted octanol–water partition coefficient (Wildman–Crippen LogP) is 7.17. The Bertz CT molecular complexity index is 1450. The van der Waals surface area contributed by atoms with Crippen molar-refractivity contribution in [2.75, 3.05) is 6.54 Å². The Labute approximate surface area is 265 Å². The molecule has 0 aromatic heterocycles. The Morgan fingerprint density at radius 3 is 2.31 bits per heavy atom. The van der Waals surface area contributed by atoms with Crippen molar-refractivity contribution in [3.63, 3.8) is 0 Å². The van der Waals surface area contributed by atoms with Gasteiger partial charge >= 0.3 is 6.29 Å². The van der Waals surface area contributed by atoms with E-state index < -0.39 is 12.0 Å². The molecule has 2 aromatic rings. The Morgan fingerprint density at radius 2 is 1.71 bits per heavy atom. The molecule has 8 nitrogen and oxygen atoms in total. The van der Waals surface area contributed by atoms with Gasteiger partial charge in [-0.25, -0.2) is 0 Å². The van der Waals surface area contributed by atoms with Gasteiger partial charge in [0.05, 0.1) is 12.6 Å². The third-order valence-electron chi connectivity index (χ3n) is 9.36. The first-order chi connectivity index (χ1) is 21.0. The van der Waals surface area contributed by atoms with Gasteiger partial charge in [0.25, 0.3) is 5.91 Å². The minimum absolute atomic E-state index is 0.0425. The summed E-state index contributed by atoms with van der Waals surface area (Å²) in [7, 11) is 0. The summed E-state index contributed by atoms with van der Waals surface area (Å²) in [4.78, 5) is 21.9. The fourth-order valence-electron chi connectivity index (χ4n) is 6.84. The van der Waals surface area contributed by atoms with Crippen molar-refractivity contribution >= 4 is 17.5 Å². The Morgan fingerprint density at radius 1 is 1.07 bits per heavy atom. The summed E-state index contributed by atoms with van der Waals surface area (Å²) < 4.78 is 37.0. The summed E-state index contributed by atoms with van der Waals surface area (Å²) in [6, 6.07) is 12.5. The van der Waals surface area contributed by atoms with Crippen LogP contribution in [0.4, 0.5) is 8.78 Å². The minimum Gasteiger partial charge on any atom is -0.395 e. The molecule has 3 aliphatic rings. The van der Waals surface area contributed by atoms with Crippen LogP contribution in [-0.4, -0.2) is 40.9 Å². The van der Waals surface area contributed by atoms with Crippen molar-refractivity contribution in [3.8, 4) is 11.5 Å². The quantitative estimate of drug-likeness (QED) is 0.203. The fraction of sp³-hybridized carbons (Fsp3) is 0.571. The van der Waals surface area contributed by atoms with Crippen LogP contribution in [0, 0.1) is 22.2 Å². The first kappa shape index (κ1) is 32.9. The van der Waals surface area contributed by atoms with E-state index in [4.69, 9.17) is 20.9 Å². The lowest BCUT2D eigenvalue weighted by Gasteiger charge is -2.47. The third kappa shape index (κ3) is 7.32. The van der Waals surface area contributed by atoms with Crippen LogP contribution in [0.15, 0.2) is 47.5 Å². The number of amidine groups is 1. The highest BCUT2D eigenvalue weighted by atomic mass is 19.3. The summed E-state index contributed by atoms with van der Waals surface area (Å²) in [6.07, 6.45) is 1.22. The molecule has 1 spiro atoms. The van der Waals surface area contributed by atoms with Crippen LogP contribution in [0.1, 0.15) is 103 Å². The maximum Gasteiger partial charge on any atom is 0.586 e. The number of alkyl halides is 2. The summed E-state index contributed by atoms with van der Waals surface area (Å²) in [5, 5.41) is 10.6. The van der Waals surface area contributed by atoms with E-state index in [-0.39, 0.29) is 45.8 Å². The number of rotatable bonds is 9. The van der Waals surface area contributed by atoms with Crippen LogP contribution >= 0.6 is 0 Å². The standard InChI is InChI=1S/C35H47F2N5O3/c1-32(2,3)16-15-26(23-9-7-22(8-10-23)20-40-21-29(38)39)42-31(43)30(24-11-12-27-28(19-24)45-35(36,37)44-27)41-34(42)17-13-25(14-18-34)33(4,5)6/h7-12,19,25-26,40H,13-18,20-21H2,1-6H3,(H3,38,39). The molecule has 2 heterocycles. The number of aliphatic imine (C=N–C) groups is 1. The zero-order chi connectivity index (χ0) is 32.8. The summed E-state index contributed by atoms with van der Waals surface area (Å²) in [5.74, 6) is 0.228. The SMILES string of the molecule is CC(C)(C)CCC(c1ccc(CNCC(=N)N)cc1)N1C(=O)C(c2ccc3c(c2)OC(F)(F)O3)=NC12CCC(C(C)(C)C)CC2.